The topological polar surface area (TPSA) is 49.6 Å². The maximum absolute atomic E-state index is 12.7. The molecule has 1 aromatic carbocycles. The number of rotatable bonds is 3. The van der Waals surface area contributed by atoms with E-state index < -0.39 is 0 Å². The fraction of sp³-hybridized carbons (Fsp3) is 0.588. The third-order valence-corrected chi connectivity index (χ3v) is 4.73. The maximum Gasteiger partial charge on any atom is 0.253 e. The molecule has 2 heterocycles. The molecule has 2 N–H and O–H groups in total. The quantitative estimate of drug-likeness (QED) is 0.916. The molecule has 0 aromatic heterocycles. The summed E-state index contributed by atoms with van der Waals surface area (Å²) < 4.78 is 0. The van der Waals surface area contributed by atoms with E-state index in [0.29, 0.717) is 12.6 Å². The molecule has 2 aliphatic heterocycles. The van der Waals surface area contributed by atoms with E-state index in [1.54, 1.807) is 0 Å². The van der Waals surface area contributed by atoms with Gasteiger partial charge in [0.15, 0.2) is 0 Å². The Balaban J connectivity index is 1.68. The summed E-state index contributed by atoms with van der Waals surface area (Å²) in [5.74, 6) is 0.180. The fourth-order valence-corrected chi connectivity index (χ4v) is 3.55. The highest BCUT2D eigenvalue weighted by molar-refractivity contribution is 5.94. The van der Waals surface area contributed by atoms with Crippen molar-refractivity contribution in [1.82, 2.24) is 9.80 Å². The van der Waals surface area contributed by atoms with Crippen molar-refractivity contribution in [3.8, 4) is 0 Å². The number of fused-ring (bicyclic) bond motifs is 1. The Morgan fingerprint density at radius 3 is 3.00 bits per heavy atom. The first-order valence-corrected chi connectivity index (χ1v) is 8.10. The Bertz CT molecular complexity index is 503. The smallest absolute Gasteiger partial charge is 0.253 e. The molecule has 3 rings (SSSR count). The number of carbonyl (C=O) groups excluding carboxylic acids is 1. The van der Waals surface area contributed by atoms with E-state index in [9.17, 15) is 4.79 Å². The van der Waals surface area contributed by atoms with Gasteiger partial charge in [0.05, 0.1) is 0 Å². The third-order valence-electron chi connectivity index (χ3n) is 4.73. The standard InChI is InChI=1S/C17H25N3O/c18-8-7-14-4-3-5-15(12-14)17(21)20-11-10-19-9-2-1-6-16(19)13-20/h3-5,12,16H,1-2,6-11,13,18H2. The molecule has 114 valence electrons. The summed E-state index contributed by atoms with van der Waals surface area (Å²) >= 11 is 0. The third kappa shape index (κ3) is 3.27. The Kier molecular flexibility index (Phi) is 4.56. The second-order valence-electron chi connectivity index (χ2n) is 6.18. The number of piperazine rings is 1. The molecule has 1 atom stereocenters. The molecule has 0 aliphatic carbocycles. The minimum Gasteiger partial charge on any atom is -0.336 e. The highest BCUT2D eigenvalue weighted by Crippen LogP contribution is 2.22. The molecular formula is C17H25N3O. The van der Waals surface area contributed by atoms with Gasteiger partial charge in [-0.3, -0.25) is 9.69 Å². The predicted molar refractivity (Wildman–Crippen MR) is 84.3 cm³/mol. The monoisotopic (exact) mass is 287 g/mol. The Labute approximate surface area is 126 Å². The maximum atomic E-state index is 12.7. The summed E-state index contributed by atoms with van der Waals surface area (Å²) in [6, 6.07) is 8.51. The van der Waals surface area contributed by atoms with Gasteiger partial charge < -0.3 is 10.6 Å². The van der Waals surface area contributed by atoms with Crippen LogP contribution in [0.4, 0.5) is 0 Å². The van der Waals surface area contributed by atoms with Crippen molar-refractivity contribution in [3.05, 3.63) is 35.4 Å². The van der Waals surface area contributed by atoms with Crippen molar-refractivity contribution in [2.75, 3.05) is 32.7 Å². The normalized spacial score (nSPS) is 22.9. The van der Waals surface area contributed by atoms with Crippen molar-refractivity contribution < 1.29 is 4.79 Å². The van der Waals surface area contributed by atoms with Crippen LogP contribution in [0, 0.1) is 0 Å². The predicted octanol–water partition coefficient (Wildman–Crippen LogP) is 1.50. The zero-order valence-electron chi connectivity index (χ0n) is 12.6. The SMILES string of the molecule is NCCc1cccc(C(=O)N2CCN3CCCCC3C2)c1. The lowest BCUT2D eigenvalue weighted by molar-refractivity contribution is 0.0372. The van der Waals surface area contributed by atoms with Gasteiger partial charge in [-0.1, -0.05) is 18.6 Å². The molecule has 2 saturated heterocycles. The van der Waals surface area contributed by atoms with Gasteiger partial charge in [0.25, 0.3) is 5.91 Å². The number of hydrogen-bond donors (Lipinski definition) is 1. The highest BCUT2D eigenvalue weighted by Gasteiger charge is 2.31. The average Bonchev–Trinajstić information content (AvgIpc) is 2.54. The second-order valence-corrected chi connectivity index (χ2v) is 6.18. The molecule has 21 heavy (non-hydrogen) atoms. The van der Waals surface area contributed by atoms with Crippen LogP contribution in [-0.4, -0.2) is 54.5 Å². The van der Waals surface area contributed by atoms with E-state index in [4.69, 9.17) is 5.73 Å². The van der Waals surface area contributed by atoms with E-state index in [1.165, 1.54) is 25.8 Å². The van der Waals surface area contributed by atoms with Crippen LogP contribution in [0.1, 0.15) is 35.2 Å². The number of piperidine rings is 1. The van der Waals surface area contributed by atoms with Crippen LogP contribution in [0.5, 0.6) is 0 Å². The van der Waals surface area contributed by atoms with Crippen molar-refractivity contribution in [2.24, 2.45) is 5.73 Å². The van der Waals surface area contributed by atoms with Crippen molar-refractivity contribution in [1.29, 1.82) is 0 Å². The molecule has 1 unspecified atom stereocenters. The van der Waals surface area contributed by atoms with E-state index in [1.807, 2.05) is 29.2 Å². The lowest BCUT2D eigenvalue weighted by Crippen LogP contribution is -2.56. The van der Waals surface area contributed by atoms with Crippen LogP contribution in [0.15, 0.2) is 24.3 Å². The van der Waals surface area contributed by atoms with Crippen molar-refractivity contribution in [3.63, 3.8) is 0 Å². The Morgan fingerprint density at radius 1 is 1.24 bits per heavy atom. The number of carbonyl (C=O) groups is 1. The van der Waals surface area contributed by atoms with Gasteiger partial charge in [0.1, 0.15) is 0 Å². The van der Waals surface area contributed by atoms with E-state index >= 15 is 0 Å². The van der Waals surface area contributed by atoms with Crippen LogP contribution in [0.2, 0.25) is 0 Å². The van der Waals surface area contributed by atoms with Crippen LogP contribution in [-0.2, 0) is 6.42 Å². The largest absolute Gasteiger partial charge is 0.336 e. The first-order valence-electron chi connectivity index (χ1n) is 8.10. The fourth-order valence-electron chi connectivity index (χ4n) is 3.55. The lowest BCUT2D eigenvalue weighted by atomic mass is 9.99. The van der Waals surface area contributed by atoms with Crippen molar-refractivity contribution in [2.45, 2.75) is 31.7 Å². The summed E-state index contributed by atoms with van der Waals surface area (Å²) in [5.41, 5.74) is 7.56. The molecule has 2 fully saturated rings. The minimum atomic E-state index is 0.180. The molecule has 0 radical (unpaired) electrons. The number of nitrogens with two attached hydrogens (primary N) is 1. The van der Waals surface area contributed by atoms with E-state index in [2.05, 4.69) is 4.90 Å². The van der Waals surface area contributed by atoms with Crippen LogP contribution >= 0.6 is 0 Å². The number of nitrogens with zero attached hydrogens (tertiary/aromatic N) is 2. The number of benzene rings is 1. The summed E-state index contributed by atoms with van der Waals surface area (Å²) in [7, 11) is 0. The molecule has 2 aliphatic rings. The summed E-state index contributed by atoms with van der Waals surface area (Å²) in [6.45, 7) is 4.60. The molecule has 0 spiro atoms. The zero-order valence-corrected chi connectivity index (χ0v) is 12.6. The summed E-state index contributed by atoms with van der Waals surface area (Å²) in [5, 5.41) is 0. The van der Waals surface area contributed by atoms with Crippen molar-refractivity contribution >= 4 is 5.91 Å². The van der Waals surface area contributed by atoms with Gasteiger partial charge in [-0.05, 0) is 50.0 Å². The number of hydrogen-bond acceptors (Lipinski definition) is 3. The zero-order chi connectivity index (χ0) is 14.7. The van der Waals surface area contributed by atoms with E-state index in [-0.39, 0.29) is 5.91 Å². The molecule has 4 heteroatoms. The Hall–Kier alpha value is -1.39. The van der Waals surface area contributed by atoms with Gasteiger partial charge in [-0.15, -0.1) is 0 Å². The number of amides is 1. The summed E-state index contributed by atoms with van der Waals surface area (Å²) in [4.78, 5) is 17.3. The highest BCUT2D eigenvalue weighted by atomic mass is 16.2. The first-order chi connectivity index (χ1) is 10.3. The van der Waals surface area contributed by atoms with Crippen LogP contribution in [0.3, 0.4) is 0 Å². The molecular weight excluding hydrogens is 262 g/mol. The van der Waals surface area contributed by atoms with Gasteiger partial charge in [0, 0.05) is 31.2 Å². The molecule has 1 amide bonds. The molecule has 0 bridgehead atoms. The van der Waals surface area contributed by atoms with Crippen LogP contribution in [0.25, 0.3) is 0 Å². The second kappa shape index (κ2) is 6.58. The van der Waals surface area contributed by atoms with Crippen LogP contribution < -0.4 is 5.73 Å². The molecule has 0 saturated carbocycles. The van der Waals surface area contributed by atoms with Gasteiger partial charge in [-0.25, -0.2) is 0 Å². The average molecular weight is 287 g/mol. The lowest BCUT2D eigenvalue weighted by Gasteiger charge is -2.44. The van der Waals surface area contributed by atoms with Gasteiger partial charge in [-0.2, -0.15) is 0 Å². The van der Waals surface area contributed by atoms with Gasteiger partial charge in [0.2, 0.25) is 0 Å². The molecule has 1 aromatic rings. The van der Waals surface area contributed by atoms with E-state index in [0.717, 1.165) is 37.2 Å². The summed E-state index contributed by atoms with van der Waals surface area (Å²) in [6.07, 6.45) is 4.68. The first kappa shape index (κ1) is 14.5. The van der Waals surface area contributed by atoms with Gasteiger partial charge >= 0.3 is 0 Å². The minimum absolute atomic E-state index is 0.180. The Morgan fingerprint density at radius 2 is 2.14 bits per heavy atom. The molecule has 4 nitrogen and oxygen atoms in total.